The minimum Gasteiger partial charge on any atom is -0.410 e. The van der Waals surface area contributed by atoms with Gasteiger partial charge in [-0.05, 0) is 66.6 Å². The Hall–Kier alpha value is -3.30. The fraction of sp³-hybridized carbons (Fsp3) is 0.556. The monoisotopic (exact) mass is 630 g/mol. The molecule has 3 aliphatic rings. The van der Waals surface area contributed by atoms with Crippen LogP contribution in [0.1, 0.15) is 81.9 Å². The molecule has 1 aromatic carbocycles. The number of nitrogens with one attached hydrogen (secondary N) is 1. The molecule has 3 fully saturated rings. The van der Waals surface area contributed by atoms with E-state index < -0.39 is 12.1 Å². The fourth-order valence-corrected chi connectivity index (χ4v) is 8.11. The molecule has 1 saturated heterocycles. The highest BCUT2D eigenvalue weighted by Gasteiger charge is 2.40. The molecule has 0 spiro atoms. The van der Waals surface area contributed by atoms with E-state index in [0.29, 0.717) is 43.6 Å². The van der Waals surface area contributed by atoms with Gasteiger partial charge in [-0.1, -0.05) is 63.5 Å². The van der Waals surface area contributed by atoms with Crippen LogP contribution in [0, 0.1) is 5.92 Å². The number of nitrogens with zero attached hydrogens (tertiary/aromatic N) is 3. The molecule has 8 nitrogen and oxygen atoms in total. The molecule has 240 valence electrons. The number of Topliss-reactive ketones (excluding diaryl/α,β-unsaturated/α-hetero) is 1. The molecule has 0 radical (unpaired) electrons. The molecular formula is C36H46N4O4S. The Labute approximate surface area is 270 Å². The van der Waals surface area contributed by atoms with Gasteiger partial charge in [-0.15, -0.1) is 11.3 Å². The molecule has 1 N–H and O–H groups in total. The van der Waals surface area contributed by atoms with Crippen molar-refractivity contribution in [2.24, 2.45) is 5.92 Å². The first-order valence-electron chi connectivity index (χ1n) is 17.0. The molecule has 3 heterocycles. The second-order valence-electron chi connectivity index (χ2n) is 13.1. The van der Waals surface area contributed by atoms with Crippen molar-refractivity contribution in [3.05, 3.63) is 59.0 Å². The van der Waals surface area contributed by atoms with E-state index in [4.69, 9.17) is 4.74 Å². The normalized spacial score (nSPS) is 20.7. The standard InChI is InChI=1S/C36H46N4O4S/c41-34(16-15-31-12-7-21-45-31)33-25-39(36(43)44-30-14-13-27-17-18-37-24-28(27)23-30)19-20-40(33)35(42)32(22-26-8-3-1-4-9-26)38-29-10-5-2-6-11-29/h7,12-14,17-18,21,23-24,26,29,32-33,38H,1-6,8-11,15-16,19-20,22,25H2/t32-,33+/m1/s1. The van der Waals surface area contributed by atoms with Crippen molar-refractivity contribution in [1.29, 1.82) is 0 Å². The number of ether oxygens (including phenoxy) is 1. The van der Waals surface area contributed by atoms with Gasteiger partial charge in [-0.3, -0.25) is 14.6 Å². The molecule has 9 heteroatoms. The van der Waals surface area contributed by atoms with Gasteiger partial charge in [0.2, 0.25) is 5.91 Å². The number of aryl methyl sites for hydroxylation is 1. The highest BCUT2D eigenvalue weighted by Crippen LogP contribution is 2.30. The predicted molar refractivity (Wildman–Crippen MR) is 177 cm³/mol. The second-order valence-corrected chi connectivity index (χ2v) is 14.1. The first-order valence-corrected chi connectivity index (χ1v) is 17.8. The van der Waals surface area contributed by atoms with Gasteiger partial charge in [0.05, 0.1) is 12.6 Å². The Balaban J connectivity index is 1.18. The molecule has 2 saturated carbocycles. The van der Waals surface area contributed by atoms with Crippen LogP contribution < -0.4 is 10.1 Å². The van der Waals surface area contributed by atoms with Crippen LogP contribution in [0.4, 0.5) is 4.79 Å². The molecular weight excluding hydrogens is 584 g/mol. The number of thiophene rings is 1. The summed E-state index contributed by atoms with van der Waals surface area (Å²) in [5.41, 5.74) is 0. The molecule has 2 amide bonds. The molecule has 0 unspecified atom stereocenters. The lowest BCUT2D eigenvalue weighted by Gasteiger charge is -2.42. The van der Waals surface area contributed by atoms with Gasteiger partial charge in [0, 0.05) is 48.2 Å². The fourth-order valence-electron chi connectivity index (χ4n) is 7.40. The van der Waals surface area contributed by atoms with E-state index in [-0.39, 0.29) is 24.3 Å². The second kappa shape index (κ2) is 15.3. The smallest absolute Gasteiger partial charge is 0.410 e. The molecule has 2 atom stereocenters. The van der Waals surface area contributed by atoms with Crippen LogP contribution in [-0.2, 0) is 16.0 Å². The highest BCUT2D eigenvalue weighted by molar-refractivity contribution is 7.09. The maximum absolute atomic E-state index is 14.5. The SMILES string of the molecule is O=C(CCc1cccs1)[C@@H]1CN(C(=O)Oc2ccc3ccncc3c2)CCN1C(=O)[C@@H](CC1CCCCC1)NC1CCCCC1. The number of hydrogen-bond donors (Lipinski definition) is 1. The van der Waals surface area contributed by atoms with Crippen molar-refractivity contribution in [2.75, 3.05) is 19.6 Å². The van der Waals surface area contributed by atoms with Crippen LogP contribution in [0.3, 0.4) is 0 Å². The zero-order valence-electron chi connectivity index (χ0n) is 26.2. The number of pyridine rings is 1. The van der Waals surface area contributed by atoms with Crippen molar-refractivity contribution in [1.82, 2.24) is 20.1 Å². The summed E-state index contributed by atoms with van der Waals surface area (Å²) in [6.45, 7) is 0.787. The number of carbonyl (C=O) groups excluding carboxylic acids is 3. The minimum absolute atomic E-state index is 0.000104. The van der Waals surface area contributed by atoms with E-state index in [1.54, 1.807) is 45.7 Å². The third-order valence-electron chi connectivity index (χ3n) is 9.94. The number of benzene rings is 1. The number of aromatic nitrogens is 1. The maximum atomic E-state index is 14.5. The molecule has 2 aliphatic carbocycles. The van der Waals surface area contributed by atoms with Crippen molar-refractivity contribution in [3.63, 3.8) is 0 Å². The van der Waals surface area contributed by atoms with Gasteiger partial charge in [-0.2, -0.15) is 0 Å². The summed E-state index contributed by atoms with van der Waals surface area (Å²) in [6, 6.07) is 10.8. The highest BCUT2D eigenvalue weighted by atomic mass is 32.1. The summed E-state index contributed by atoms with van der Waals surface area (Å²) in [7, 11) is 0. The van der Waals surface area contributed by atoms with E-state index >= 15 is 0 Å². The lowest BCUT2D eigenvalue weighted by molar-refractivity contribution is -0.145. The number of fused-ring (bicyclic) bond motifs is 1. The quantitative estimate of drug-likeness (QED) is 0.266. The Morgan fingerprint density at radius 3 is 2.53 bits per heavy atom. The first-order chi connectivity index (χ1) is 22.0. The number of rotatable bonds is 10. The molecule has 3 aromatic rings. The summed E-state index contributed by atoms with van der Waals surface area (Å²) in [6.07, 6.45) is 16.7. The zero-order chi connectivity index (χ0) is 31.0. The van der Waals surface area contributed by atoms with Gasteiger partial charge >= 0.3 is 6.09 Å². The van der Waals surface area contributed by atoms with Crippen molar-refractivity contribution in [2.45, 2.75) is 102 Å². The van der Waals surface area contributed by atoms with Crippen molar-refractivity contribution in [3.8, 4) is 5.75 Å². The van der Waals surface area contributed by atoms with E-state index in [1.165, 1.54) is 51.4 Å². The van der Waals surface area contributed by atoms with Crippen LogP contribution in [-0.4, -0.2) is 70.3 Å². The topological polar surface area (TPSA) is 91.8 Å². The van der Waals surface area contributed by atoms with Crippen LogP contribution in [0.25, 0.3) is 10.8 Å². The Morgan fingerprint density at radius 1 is 0.956 bits per heavy atom. The third kappa shape index (κ3) is 8.30. The van der Waals surface area contributed by atoms with E-state index in [2.05, 4.69) is 10.3 Å². The molecule has 6 rings (SSSR count). The van der Waals surface area contributed by atoms with Crippen LogP contribution >= 0.6 is 11.3 Å². The molecule has 2 aromatic heterocycles. The lowest BCUT2D eigenvalue weighted by Crippen LogP contribution is -2.63. The van der Waals surface area contributed by atoms with E-state index in [9.17, 15) is 14.4 Å². The van der Waals surface area contributed by atoms with Crippen molar-refractivity contribution >= 4 is 39.9 Å². The number of ketones is 1. The van der Waals surface area contributed by atoms with Crippen molar-refractivity contribution < 1.29 is 19.1 Å². The minimum atomic E-state index is -0.693. The van der Waals surface area contributed by atoms with Gasteiger partial charge in [-0.25, -0.2) is 4.79 Å². The van der Waals surface area contributed by atoms with E-state index in [0.717, 1.165) is 34.9 Å². The lowest BCUT2D eigenvalue weighted by atomic mass is 9.83. The largest absolute Gasteiger partial charge is 0.415 e. The third-order valence-corrected chi connectivity index (χ3v) is 10.9. The molecule has 0 bridgehead atoms. The summed E-state index contributed by atoms with van der Waals surface area (Å²) < 4.78 is 5.79. The Bertz CT molecular complexity index is 1410. The zero-order valence-corrected chi connectivity index (χ0v) is 27.0. The summed E-state index contributed by atoms with van der Waals surface area (Å²) in [5.74, 6) is 0.991. The first kappa shape index (κ1) is 31.7. The number of amides is 2. The maximum Gasteiger partial charge on any atom is 0.415 e. The molecule has 45 heavy (non-hydrogen) atoms. The van der Waals surface area contributed by atoms with Gasteiger partial charge in [0.15, 0.2) is 5.78 Å². The van der Waals surface area contributed by atoms with Gasteiger partial charge in [0.25, 0.3) is 0 Å². The van der Waals surface area contributed by atoms with Crippen LogP contribution in [0.15, 0.2) is 54.2 Å². The molecule has 1 aliphatic heterocycles. The Kier molecular flexibility index (Phi) is 10.8. The van der Waals surface area contributed by atoms with E-state index in [1.807, 2.05) is 29.6 Å². The van der Waals surface area contributed by atoms with Crippen LogP contribution in [0.2, 0.25) is 0 Å². The van der Waals surface area contributed by atoms with Gasteiger partial charge in [0.1, 0.15) is 11.8 Å². The summed E-state index contributed by atoms with van der Waals surface area (Å²) in [4.78, 5) is 50.5. The average molecular weight is 631 g/mol. The summed E-state index contributed by atoms with van der Waals surface area (Å²) in [5, 5.41) is 7.70. The number of hydrogen-bond acceptors (Lipinski definition) is 7. The van der Waals surface area contributed by atoms with Crippen LogP contribution in [0.5, 0.6) is 5.75 Å². The van der Waals surface area contributed by atoms with Gasteiger partial charge < -0.3 is 19.9 Å². The number of piperazine rings is 1. The Morgan fingerprint density at radius 2 is 1.76 bits per heavy atom. The average Bonchev–Trinajstić information content (AvgIpc) is 3.61. The predicted octanol–water partition coefficient (Wildman–Crippen LogP) is 6.77. The summed E-state index contributed by atoms with van der Waals surface area (Å²) >= 11 is 1.64. The number of carbonyl (C=O) groups is 3.